The Hall–Kier alpha value is -1.16. The lowest BCUT2D eigenvalue weighted by Gasteiger charge is -1.99. The van der Waals surface area contributed by atoms with Gasteiger partial charge in [0, 0.05) is 23.3 Å². The van der Waals surface area contributed by atoms with Crippen molar-refractivity contribution >= 4 is 17.0 Å². The number of hydrogen-bond acceptors (Lipinski definition) is 3. The van der Waals surface area contributed by atoms with Crippen molar-refractivity contribution in [3.8, 4) is 0 Å². The summed E-state index contributed by atoms with van der Waals surface area (Å²) in [7, 11) is 0. The van der Waals surface area contributed by atoms with Crippen LogP contribution in [0.2, 0.25) is 0 Å². The molecule has 0 fully saturated rings. The molecule has 0 radical (unpaired) electrons. The zero-order chi connectivity index (χ0) is 10.6. The topological polar surface area (TPSA) is 29.6 Å². The quantitative estimate of drug-likeness (QED) is 0.415. The normalized spacial score (nSPS) is 11.5. The van der Waals surface area contributed by atoms with Crippen LogP contribution < -0.4 is 4.80 Å². The molecule has 0 unspecified atom stereocenters. The molecule has 0 bridgehead atoms. The van der Waals surface area contributed by atoms with Gasteiger partial charge in [-0.15, -0.1) is 23.0 Å². The largest absolute Gasteiger partial charge is 0.316 e. The van der Waals surface area contributed by atoms with Crippen molar-refractivity contribution in [3.63, 3.8) is 0 Å². The van der Waals surface area contributed by atoms with E-state index in [2.05, 4.69) is 33.7 Å². The van der Waals surface area contributed by atoms with E-state index in [9.17, 15) is 0 Å². The summed E-state index contributed by atoms with van der Waals surface area (Å²) in [5.74, 6) is 0. The van der Waals surface area contributed by atoms with Gasteiger partial charge in [-0.2, -0.15) is 5.10 Å². The first-order chi connectivity index (χ1) is 6.65. The Kier molecular flexibility index (Phi) is 3.83. The van der Waals surface area contributed by atoms with Gasteiger partial charge in [0.05, 0.1) is 0 Å². The molecule has 1 rings (SSSR count). The van der Waals surface area contributed by atoms with Crippen molar-refractivity contribution in [1.29, 1.82) is 0 Å². The second-order valence-corrected chi connectivity index (χ2v) is 4.04. The van der Waals surface area contributed by atoms with Crippen molar-refractivity contribution in [1.82, 2.24) is 4.57 Å². The lowest BCUT2D eigenvalue weighted by molar-refractivity contribution is 0.752. The molecule has 0 amide bonds. The van der Waals surface area contributed by atoms with Gasteiger partial charge in [-0.05, 0) is 20.8 Å². The van der Waals surface area contributed by atoms with Gasteiger partial charge in [0.1, 0.15) is 0 Å². The maximum absolute atomic E-state index is 4.17. The third-order valence-corrected chi connectivity index (χ3v) is 2.61. The van der Waals surface area contributed by atoms with Gasteiger partial charge in [-0.25, -0.2) is 0 Å². The van der Waals surface area contributed by atoms with Gasteiger partial charge in [0.15, 0.2) is 0 Å². The monoisotopic (exact) mass is 209 g/mol. The van der Waals surface area contributed by atoms with Crippen LogP contribution in [0.15, 0.2) is 28.2 Å². The SMILES string of the molecule is C=CCn1c(C)csc1=NN=C(C)C. The van der Waals surface area contributed by atoms with E-state index in [1.807, 2.05) is 19.9 Å². The van der Waals surface area contributed by atoms with Crippen LogP contribution in [0.3, 0.4) is 0 Å². The Morgan fingerprint density at radius 1 is 1.64 bits per heavy atom. The number of allylic oxidation sites excluding steroid dienone is 1. The molecule has 0 aliphatic carbocycles. The highest BCUT2D eigenvalue weighted by molar-refractivity contribution is 7.07. The molecule has 0 aliphatic heterocycles. The molecule has 0 spiro atoms. The number of aryl methyl sites for hydroxylation is 1. The fourth-order valence-electron chi connectivity index (χ4n) is 0.988. The minimum Gasteiger partial charge on any atom is -0.316 e. The number of rotatable bonds is 3. The summed E-state index contributed by atoms with van der Waals surface area (Å²) in [4.78, 5) is 0.920. The minimum atomic E-state index is 0.784. The molecule has 1 aromatic rings. The maximum atomic E-state index is 4.17. The second-order valence-electron chi connectivity index (χ2n) is 3.21. The molecule has 1 heterocycles. The summed E-state index contributed by atoms with van der Waals surface area (Å²) < 4.78 is 2.09. The molecular weight excluding hydrogens is 194 g/mol. The molecule has 4 heteroatoms. The van der Waals surface area contributed by atoms with Gasteiger partial charge in [-0.1, -0.05) is 6.08 Å². The molecule has 14 heavy (non-hydrogen) atoms. The Morgan fingerprint density at radius 3 is 2.93 bits per heavy atom. The van der Waals surface area contributed by atoms with E-state index in [4.69, 9.17) is 0 Å². The van der Waals surface area contributed by atoms with E-state index >= 15 is 0 Å². The first-order valence-corrected chi connectivity index (χ1v) is 5.34. The van der Waals surface area contributed by atoms with Crippen LogP contribution >= 0.6 is 11.3 Å². The summed E-state index contributed by atoms with van der Waals surface area (Å²) in [6.45, 7) is 10.4. The van der Waals surface area contributed by atoms with Crippen molar-refractivity contribution in [2.75, 3.05) is 0 Å². The zero-order valence-electron chi connectivity index (χ0n) is 8.82. The Balaban J connectivity index is 3.14. The first kappa shape index (κ1) is 10.9. The molecule has 76 valence electrons. The number of thiazole rings is 1. The average Bonchev–Trinajstić information content (AvgIpc) is 2.46. The van der Waals surface area contributed by atoms with Crippen LogP contribution in [0.4, 0.5) is 0 Å². The Morgan fingerprint density at radius 2 is 2.36 bits per heavy atom. The first-order valence-electron chi connectivity index (χ1n) is 4.46. The van der Waals surface area contributed by atoms with E-state index in [1.165, 1.54) is 5.69 Å². The third kappa shape index (κ3) is 2.67. The number of hydrogen-bond donors (Lipinski definition) is 0. The van der Waals surface area contributed by atoms with Crippen LogP contribution in [0.1, 0.15) is 19.5 Å². The van der Waals surface area contributed by atoms with E-state index in [-0.39, 0.29) is 0 Å². The predicted molar refractivity (Wildman–Crippen MR) is 61.6 cm³/mol. The molecule has 0 aliphatic rings. The van der Waals surface area contributed by atoms with Crippen molar-refractivity contribution < 1.29 is 0 Å². The standard InChI is InChI=1S/C10H15N3S/c1-5-6-13-9(4)7-14-10(13)12-11-8(2)3/h5,7H,1,6H2,2-4H3. The summed E-state index contributed by atoms with van der Waals surface area (Å²) in [6, 6.07) is 0. The van der Waals surface area contributed by atoms with Crippen LogP contribution in [0.5, 0.6) is 0 Å². The summed E-state index contributed by atoms with van der Waals surface area (Å²) in [6.07, 6.45) is 1.86. The van der Waals surface area contributed by atoms with Crippen LogP contribution in [0, 0.1) is 6.92 Å². The van der Waals surface area contributed by atoms with Crippen LogP contribution in [-0.2, 0) is 6.54 Å². The third-order valence-electron chi connectivity index (χ3n) is 1.64. The molecule has 1 aromatic heterocycles. The average molecular weight is 209 g/mol. The van der Waals surface area contributed by atoms with Gasteiger partial charge >= 0.3 is 0 Å². The zero-order valence-corrected chi connectivity index (χ0v) is 9.64. The highest BCUT2D eigenvalue weighted by Crippen LogP contribution is 1.99. The summed E-state index contributed by atoms with van der Waals surface area (Å²) in [5, 5.41) is 10.3. The maximum Gasteiger partial charge on any atom is 0.211 e. The van der Waals surface area contributed by atoms with Crippen molar-refractivity contribution in [2.24, 2.45) is 10.2 Å². The molecular formula is C10H15N3S. The highest BCUT2D eigenvalue weighted by atomic mass is 32.1. The molecule has 0 N–H and O–H groups in total. The van der Waals surface area contributed by atoms with E-state index in [1.54, 1.807) is 11.3 Å². The van der Waals surface area contributed by atoms with E-state index in [0.717, 1.165) is 17.1 Å². The van der Waals surface area contributed by atoms with E-state index < -0.39 is 0 Å². The summed E-state index contributed by atoms with van der Waals surface area (Å²) >= 11 is 1.60. The molecule has 0 saturated carbocycles. The second kappa shape index (κ2) is 4.91. The number of nitrogens with zero attached hydrogens (tertiary/aromatic N) is 3. The van der Waals surface area contributed by atoms with Gasteiger partial charge in [0.25, 0.3) is 0 Å². The Labute approximate surface area is 88.1 Å². The molecule has 3 nitrogen and oxygen atoms in total. The Bertz CT molecular complexity index is 405. The van der Waals surface area contributed by atoms with Gasteiger partial charge < -0.3 is 4.57 Å². The highest BCUT2D eigenvalue weighted by Gasteiger charge is 1.97. The summed E-state index contributed by atoms with van der Waals surface area (Å²) in [5.41, 5.74) is 2.15. The molecule has 0 aromatic carbocycles. The fourth-order valence-corrected chi connectivity index (χ4v) is 1.82. The predicted octanol–water partition coefficient (Wildman–Crippen LogP) is 2.34. The van der Waals surface area contributed by atoms with Gasteiger partial charge in [-0.3, -0.25) is 0 Å². The van der Waals surface area contributed by atoms with E-state index in [0.29, 0.717) is 0 Å². The molecule has 0 atom stereocenters. The smallest absolute Gasteiger partial charge is 0.211 e. The van der Waals surface area contributed by atoms with Crippen LogP contribution in [0.25, 0.3) is 0 Å². The number of aromatic nitrogens is 1. The lowest BCUT2D eigenvalue weighted by atomic mass is 10.5. The fraction of sp³-hybridized carbons (Fsp3) is 0.400. The van der Waals surface area contributed by atoms with Crippen molar-refractivity contribution in [3.05, 3.63) is 28.5 Å². The molecule has 0 saturated heterocycles. The lowest BCUT2D eigenvalue weighted by Crippen LogP contribution is -2.14. The van der Waals surface area contributed by atoms with Gasteiger partial charge in [0.2, 0.25) is 4.80 Å². The minimum absolute atomic E-state index is 0.784. The van der Waals surface area contributed by atoms with Crippen molar-refractivity contribution in [2.45, 2.75) is 27.3 Å². The van der Waals surface area contributed by atoms with Crippen LogP contribution in [-0.4, -0.2) is 10.3 Å².